The maximum atomic E-state index is 11.2. The van der Waals surface area contributed by atoms with Crippen molar-refractivity contribution in [3.63, 3.8) is 0 Å². The second-order valence-corrected chi connectivity index (χ2v) is 5.31. The van der Waals surface area contributed by atoms with Crippen LogP contribution in [0, 0.1) is 10.1 Å². The van der Waals surface area contributed by atoms with Crippen molar-refractivity contribution < 1.29 is 4.92 Å². The first-order valence-electron chi connectivity index (χ1n) is 6.34. The molecule has 104 valence electrons. The van der Waals surface area contributed by atoms with Gasteiger partial charge in [0.05, 0.1) is 4.92 Å². The van der Waals surface area contributed by atoms with E-state index >= 15 is 0 Å². The number of halogens is 1. The van der Waals surface area contributed by atoms with Crippen molar-refractivity contribution in [3.8, 4) is 0 Å². The van der Waals surface area contributed by atoms with Crippen LogP contribution in [-0.4, -0.2) is 11.5 Å². The van der Waals surface area contributed by atoms with Crippen LogP contribution < -0.4 is 4.90 Å². The van der Waals surface area contributed by atoms with Gasteiger partial charge in [-0.1, -0.05) is 46.3 Å². The molecular formula is C15H15BrN2O2. The van der Waals surface area contributed by atoms with Crippen LogP contribution in [0.5, 0.6) is 0 Å². The van der Waals surface area contributed by atoms with Gasteiger partial charge in [0.2, 0.25) is 0 Å². The summed E-state index contributed by atoms with van der Waals surface area (Å²) in [5.74, 6) is 0. The van der Waals surface area contributed by atoms with Crippen molar-refractivity contribution in [2.75, 3.05) is 11.4 Å². The van der Waals surface area contributed by atoms with Gasteiger partial charge in [-0.2, -0.15) is 0 Å². The van der Waals surface area contributed by atoms with E-state index in [-0.39, 0.29) is 10.6 Å². The Morgan fingerprint density at radius 1 is 1.20 bits per heavy atom. The van der Waals surface area contributed by atoms with Gasteiger partial charge in [-0.25, -0.2) is 0 Å². The number of rotatable bonds is 5. The normalized spacial score (nSPS) is 10.3. The summed E-state index contributed by atoms with van der Waals surface area (Å²) >= 11 is 3.28. The monoisotopic (exact) mass is 334 g/mol. The van der Waals surface area contributed by atoms with Gasteiger partial charge in [-0.15, -0.1) is 0 Å². The van der Waals surface area contributed by atoms with Crippen LogP contribution >= 0.6 is 15.9 Å². The molecule has 2 aromatic carbocycles. The summed E-state index contributed by atoms with van der Waals surface area (Å²) in [5, 5.41) is 11.2. The Bertz CT molecular complexity index is 602. The highest BCUT2D eigenvalue weighted by molar-refractivity contribution is 9.10. The van der Waals surface area contributed by atoms with E-state index in [4.69, 9.17) is 0 Å². The molecule has 20 heavy (non-hydrogen) atoms. The van der Waals surface area contributed by atoms with Crippen molar-refractivity contribution in [2.24, 2.45) is 0 Å². The molecule has 0 radical (unpaired) electrons. The molecule has 0 unspecified atom stereocenters. The molecule has 0 saturated heterocycles. The summed E-state index contributed by atoms with van der Waals surface area (Å²) in [4.78, 5) is 12.9. The molecule has 2 rings (SSSR count). The fourth-order valence-electron chi connectivity index (χ4n) is 2.08. The van der Waals surface area contributed by atoms with Crippen LogP contribution in [0.4, 0.5) is 11.4 Å². The Labute approximate surface area is 126 Å². The van der Waals surface area contributed by atoms with Crippen LogP contribution in [0.1, 0.15) is 12.5 Å². The molecule has 0 saturated carbocycles. The quantitative estimate of drug-likeness (QED) is 0.602. The van der Waals surface area contributed by atoms with Gasteiger partial charge in [-0.3, -0.25) is 10.1 Å². The first-order chi connectivity index (χ1) is 9.61. The van der Waals surface area contributed by atoms with E-state index in [0.29, 0.717) is 23.2 Å². The molecule has 0 N–H and O–H groups in total. The van der Waals surface area contributed by atoms with Crippen molar-refractivity contribution >= 4 is 27.3 Å². The molecule has 0 aliphatic rings. The Balaban J connectivity index is 2.34. The molecule has 4 nitrogen and oxygen atoms in total. The average molecular weight is 335 g/mol. The number of anilines is 1. The Morgan fingerprint density at radius 3 is 2.50 bits per heavy atom. The van der Waals surface area contributed by atoms with Crippen molar-refractivity contribution in [1.29, 1.82) is 0 Å². The molecule has 0 bridgehead atoms. The second-order valence-electron chi connectivity index (χ2n) is 4.39. The van der Waals surface area contributed by atoms with Crippen LogP contribution in [0.15, 0.2) is 53.0 Å². The van der Waals surface area contributed by atoms with Crippen LogP contribution in [0.25, 0.3) is 0 Å². The maximum Gasteiger partial charge on any atom is 0.293 e. The molecule has 0 atom stereocenters. The SMILES string of the molecule is CCN(Cc1ccccc1)c1ccc(Br)cc1[N+](=O)[O-]. The standard InChI is InChI=1S/C15H15BrN2O2/c1-2-17(11-12-6-4-3-5-7-12)14-9-8-13(16)10-15(14)18(19)20/h3-10H,2,11H2,1H3. The van der Waals surface area contributed by atoms with E-state index in [9.17, 15) is 10.1 Å². The lowest BCUT2D eigenvalue weighted by atomic mass is 10.2. The number of nitrogens with zero attached hydrogens (tertiary/aromatic N) is 2. The van der Waals surface area contributed by atoms with E-state index in [1.165, 1.54) is 0 Å². The largest absolute Gasteiger partial charge is 0.362 e. The van der Waals surface area contributed by atoms with Crippen LogP contribution in [0.3, 0.4) is 0 Å². The minimum absolute atomic E-state index is 0.122. The average Bonchev–Trinajstić information content (AvgIpc) is 2.46. The zero-order valence-corrected chi connectivity index (χ0v) is 12.7. The third-order valence-electron chi connectivity index (χ3n) is 3.07. The number of hydrogen-bond acceptors (Lipinski definition) is 3. The van der Waals surface area contributed by atoms with Crippen molar-refractivity contribution in [1.82, 2.24) is 0 Å². The topological polar surface area (TPSA) is 46.4 Å². The molecule has 0 heterocycles. The molecule has 0 fully saturated rings. The lowest BCUT2D eigenvalue weighted by Crippen LogP contribution is -2.22. The van der Waals surface area contributed by atoms with Crippen LogP contribution in [-0.2, 0) is 6.54 Å². The van der Waals surface area contributed by atoms with E-state index < -0.39 is 0 Å². The number of benzene rings is 2. The van der Waals surface area contributed by atoms with Gasteiger partial charge in [0.15, 0.2) is 0 Å². The molecule has 0 aliphatic heterocycles. The van der Waals surface area contributed by atoms with Crippen molar-refractivity contribution in [2.45, 2.75) is 13.5 Å². The summed E-state index contributed by atoms with van der Waals surface area (Å²) in [6.45, 7) is 3.35. The second kappa shape index (κ2) is 6.52. The molecule has 5 heteroatoms. The van der Waals surface area contributed by atoms with E-state index in [0.717, 1.165) is 5.56 Å². The Morgan fingerprint density at radius 2 is 1.90 bits per heavy atom. The molecule has 2 aromatic rings. The van der Waals surface area contributed by atoms with Crippen molar-refractivity contribution in [3.05, 3.63) is 68.7 Å². The summed E-state index contributed by atoms with van der Waals surface area (Å²) in [7, 11) is 0. The van der Waals surface area contributed by atoms with Gasteiger partial charge in [-0.05, 0) is 24.6 Å². The molecule has 0 aliphatic carbocycles. The third kappa shape index (κ3) is 3.36. The Kier molecular flexibility index (Phi) is 4.74. The minimum Gasteiger partial charge on any atom is -0.362 e. The molecule has 0 aromatic heterocycles. The first-order valence-corrected chi connectivity index (χ1v) is 7.14. The Hall–Kier alpha value is -1.88. The van der Waals surface area contributed by atoms with Gasteiger partial charge in [0.1, 0.15) is 5.69 Å². The highest BCUT2D eigenvalue weighted by Crippen LogP contribution is 2.31. The summed E-state index contributed by atoms with van der Waals surface area (Å²) in [6, 6.07) is 15.1. The van der Waals surface area contributed by atoms with E-state index in [1.807, 2.05) is 48.2 Å². The van der Waals surface area contributed by atoms with Gasteiger partial charge in [0, 0.05) is 23.6 Å². The van der Waals surface area contributed by atoms with Crippen LogP contribution in [0.2, 0.25) is 0 Å². The lowest BCUT2D eigenvalue weighted by molar-refractivity contribution is -0.384. The van der Waals surface area contributed by atoms with E-state index in [1.54, 1.807) is 12.1 Å². The van der Waals surface area contributed by atoms with Gasteiger partial charge in [0.25, 0.3) is 5.69 Å². The summed E-state index contributed by atoms with van der Waals surface area (Å²) in [6.07, 6.45) is 0. The highest BCUT2D eigenvalue weighted by Gasteiger charge is 2.19. The fourth-order valence-corrected chi connectivity index (χ4v) is 2.43. The number of nitro groups is 1. The number of hydrogen-bond donors (Lipinski definition) is 0. The molecular weight excluding hydrogens is 320 g/mol. The third-order valence-corrected chi connectivity index (χ3v) is 3.57. The highest BCUT2D eigenvalue weighted by atomic mass is 79.9. The maximum absolute atomic E-state index is 11.2. The lowest BCUT2D eigenvalue weighted by Gasteiger charge is -2.23. The van der Waals surface area contributed by atoms with Gasteiger partial charge >= 0.3 is 0 Å². The van der Waals surface area contributed by atoms with E-state index in [2.05, 4.69) is 15.9 Å². The number of nitro benzene ring substituents is 1. The minimum atomic E-state index is -0.340. The zero-order chi connectivity index (χ0) is 14.5. The smallest absolute Gasteiger partial charge is 0.293 e. The predicted octanol–water partition coefficient (Wildman–Crippen LogP) is 4.38. The molecule has 0 amide bonds. The zero-order valence-electron chi connectivity index (χ0n) is 11.1. The predicted molar refractivity (Wildman–Crippen MR) is 84.0 cm³/mol. The summed E-state index contributed by atoms with van der Waals surface area (Å²) < 4.78 is 0.712. The fraction of sp³-hybridized carbons (Fsp3) is 0.200. The van der Waals surface area contributed by atoms with Gasteiger partial charge < -0.3 is 4.90 Å². The first kappa shape index (κ1) is 14.5. The molecule has 0 spiro atoms. The summed E-state index contributed by atoms with van der Waals surface area (Å²) in [5.41, 5.74) is 1.90.